The molecule has 1 aliphatic rings. The van der Waals surface area contributed by atoms with E-state index in [9.17, 15) is 9.59 Å². The van der Waals surface area contributed by atoms with Crippen LogP contribution in [0.2, 0.25) is 0 Å². The summed E-state index contributed by atoms with van der Waals surface area (Å²) in [4.78, 5) is 32.7. The highest BCUT2D eigenvalue weighted by Gasteiger charge is 2.33. The number of allylic oxidation sites excluding steroid dienone is 1. The third-order valence-electron chi connectivity index (χ3n) is 5.10. The second-order valence-corrected chi connectivity index (χ2v) is 9.93. The average molecular weight is 529 g/mol. The molecule has 32 heavy (non-hydrogen) atoms. The highest BCUT2D eigenvalue weighted by molar-refractivity contribution is 9.10. The van der Waals surface area contributed by atoms with Gasteiger partial charge in [0.15, 0.2) is 4.80 Å². The zero-order valence-corrected chi connectivity index (χ0v) is 21.0. The topological polar surface area (TPSA) is 60.7 Å². The van der Waals surface area contributed by atoms with Crippen LogP contribution in [0.1, 0.15) is 31.0 Å². The second kappa shape index (κ2) is 9.60. The van der Waals surface area contributed by atoms with Crippen LogP contribution in [-0.4, -0.2) is 23.4 Å². The van der Waals surface area contributed by atoms with Gasteiger partial charge in [0.1, 0.15) is 0 Å². The van der Waals surface area contributed by atoms with E-state index in [1.165, 1.54) is 11.3 Å². The van der Waals surface area contributed by atoms with Gasteiger partial charge in [-0.05, 0) is 61.6 Å². The van der Waals surface area contributed by atoms with E-state index in [4.69, 9.17) is 4.74 Å². The fraction of sp³-hybridized carbons (Fsp3) is 0.208. The minimum atomic E-state index is -0.592. The molecule has 0 amide bonds. The number of thiazole rings is 1. The van der Waals surface area contributed by atoms with Crippen LogP contribution in [0.4, 0.5) is 0 Å². The number of halogens is 1. The van der Waals surface area contributed by atoms with Gasteiger partial charge in [-0.15, -0.1) is 11.8 Å². The highest BCUT2D eigenvalue weighted by atomic mass is 79.9. The van der Waals surface area contributed by atoms with Crippen molar-refractivity contribution >= 4 is 51.1 Å². The zero-order valence-electron chi connectivity index (χ0n) is 17.8. The van der Waals surface area contributed by atoms with Gasteiger partial charge in [0.05, 0.1) is 28.5 Å². The Morgan fingerprint density at radius 2 is 2.03 bits per heavy atom. The number of fused-ring (bicyclic) bond motifs is 1. The van der Waals surface area contributed by atoms with Crippen molar-refractivity contribution in [2.24, 2.45) is 4.99 Å². The third-order valence-corrected chi connectivity index (χ3v) is 7.31. The van der Waals surface area contributed by atoms with Crippen molar-refractivity contribution in [1.29, 1.82) is 0 Å². The van der Waals surface area contributed by atoms with E-state index in [0.717, 1.165) is 20.5 Å². The van der Waals surface area contributed by atoms with Crippen LogP contribution >= 0.6 is 39.0 Å². The average Bonchev–Trinajstić information content (AvgIpc) is 3.07. The number of hydrogen-bond donors (Lipinski definition) is 0. The molecule has 1 atom stereocenters. The van der Waals surface area contributed by atoms with Gasteiger partial charge >= 0.3 is 5.97 Å². The minimum absolute atomic E-state index is 0.179. The summed E-state index contributed by atoms with van der Waals surface area (Å²) in [7, 11) is 0. The smallest absolute Gasteiger partial charge is 0.338 e. The Kier molecular flexibility index (Phi) is 6.83. The summed E-state index contributed by atoms with van der Waals surface area (Å²) in [6.45, 7) is 3.81. The first-order valence-corrected chi connectivity index (χ1v) is 12.9. The van der Waals surface area contributed by atoms with Gasteiger partial charge < -0.3 is 4.74 Å². The Labute approximate surface area is 202 Å². The Hall–Kier alpha value is -2.42. The monoisotopic (exact) mass is 528 g/mol. The lowest BCUT2D eigenvalue weighted by molar-refractivity contribution is -0.139. The highest BCUT2D eigenvalue weighted by Crippen LogP contribution is 2.31. The number of esters is 1. The van der Waals surface area contributed by atoms with Gasteiger partial charge in [-0.2, -0.15) is 0 Å². The Bertz CT molecular complexity index is 1390. The first kappa shape index (κ1) is 22.8. The SMILES string of the molecule is CCOC(=O)C1=C(C)N=c2sc(=Cc3cccc(Br)c3)c(=O)n2C1c1ccc(SC)cc1. The maximum absolute atomic E-state index is 13.5. The summed E-state index contributed by atoms with van der Waals surface area (Å²) >= 11 is 6.43. The predicted octanol–water partition coefficient (Wildman–Crippen LogP) is 4.28. The molecule has 0 N–H and O–H groups in total. The largest absolute Gasteiger partial charge is 0.463 e. The summed E-state index contributed by atoms with van der Waals surface area (Å²) in [5.74, 6) is -0.450. The fourth-order valence-electron chi connectivity index (χ4n) is 3.64. The van der Waals surface area contributed by atoms with Crippen molar-refractivity contribution < 1.29 is 9.53 Å². The summed E-state index contributed by atoms with van der Waals surface area (Å²) in [5, 5.41) is 0. The molecule has 3 aromatic rings. The van der Waals surface area contributed by atoms with Crippen molar-refractivity contribution in [3.05, 3.63) is 95.1 Å². The maximum atomic E-state index is 13.5. The first-order valence-electron chi connectivity index (χ1n) is 10.0. The quantitative estimate of drug-likeness (QED) is 0.366. The lowest BCUT2D eigenvalue weighted by Gasteiger charge is -2.24. The van der Waals surface area contributed by atoms with E-state index in [0.29, 0.717) is 20.6 Å². The van der Waals surface area contributed by atoms with Crippen LogP contribution in [-0.2, 0) is 9.53 Å². The number of carbonyl (C=O) groups excluding carboxylic acids is 1. The number of carbonyl (C=O) groups is 1. The van der Waals surface area contributed by atoms with Crippen molar-refractivity contribution in [2.75, 3.05) is 12.9 Å². The summed E-state index contributed by atoms with van der Waals surface area (Å²) in [5.41, 5.74) is 2.53. The van der Waals surface area contributed by atoms with E-state index in [-0.39, 0.29) is 12.2 Å². The minimum Gasteiger partial charge on any atom is -0.463 e. The van der Waals surface area contributed by atoms with Crippen molar-refractivity contribution in [3.8, 4) is 0 Å². The van der Waals surface area contributed by atoms with Crippen molar-refractivity contribution in [1.82, 2.24) is 4.57 Å². The van der Waals surface area contributed by atoms with Gasteiger partial charge in [-0.1, -0.05) is 51.5 Å². The standard InChI is InChI=1S/C24H21BrN2O3S2/c1-4-30-23(29)20-14(2)26-24-27(21(20)16-8-10-18(31-3)11-9-16)22(28)19(32-24)13-15-6-5-7-17(25)12-15/h5-13,21H,4H2,1-3H3. The van der Waals surface area contributed by atoms with E-state index in [1.54, 1.807) is 30.2 Å². The maximum Gasteiger partial charge on any atom is 0.338 e. The van der Waals surface area contributed by atoms with Crippen LogP contribution in [0.15, 0.2) is 79.0 Å². The Morgan fingerprint density at radius 1 is 1.28 bits per heavy atom. The molecule has 4 rings (SSSR count). The second-order valence-electron chi connectivity index (χ2n) is 7.13. The molecule has 8 heteroatoms. The van der Waals surface area contributed by atoms with Gasteiger partial charge in [-0.25, -0.2) is 9.79 Å². The number of benzene rings is 2. The van der Waals surface area contributed by atoms with Crippen molar-refractivity contribution in [2.45, 2.75) is 24.8 Å². The normalized spacial score (nSPS) is 16.0. The lowest BCUT2D eigenvalue weighted by Crippen LogP contribution is -2.39. The molecule has 0 aliphatic carbocycles. The first-order chi connectivity index (χ1) is 15.4. The molecule has 0 radical (unpaired) electrons. The fourth-order valence-corrected chi connectivity index (χ4v) is 5.51. The predicted molar refractivity (Wildman–Crippen MR) is 133 cm³/mol. The number of hydrogen-bond acceptors (Lipinski definition) is 6. The van der Waals surface area contributed by atoms with Crippen molar-refractivity contribution in [3.63, 3.8) is 0 Å². The lowest BCUT2D eigenvalue weighted by atomic mass is 9.96. The van der Waals surface area contributed by atoms with Crippen LogP contribution < -0.4 is 14.9 Å². The van der Waals surface area contributed by atoms with Crippen LogP contribution in [0.3, 0.4) is 0 Å². The number of ether oxygens (including phenoxy) is 1. The Morgan fingerprint density at radius 3 is 2.69 bits per heavy atom. The molecule has 0 bridgehead atoms. The van der Waals surface area contributed by atoms with Crippen LogP contribution in [0.25, 0.3) is 6.08 Å². The van der Waals surface area contributed by atoms with E-state index in [1.807, 2.05) is 60.9 Å². The molecule has 1 aromatic heterocycles. The number of nitrogens with zero attached hydrogens (tertiary/aromatic N) is 2. The molecule has 1 aliphatic heterocycles. The zero-order chi connectivity index (χ0) is 22.8. The number of aromatic nitrogens is 1. The summed E-state index contributed by atoms with van der Waals surface area (Å²) in [6.07, 6.45) is 3.86. The molecular formula is C24H21BrN2O3S2. The molecular weight excluding hydrogens is 508 g/mol. The van der Waals surface area contributed by atoms with E-state index < -0.39 is 12.0 Å². The molecule has 0 saturated carbocycles. The summed E-state index contributed by atoms with van der Waals surface area (Å²) < 4.78 is 8.44. The van der Waals surface area contributed by atoms with Gasteiger partial charge in [-0.3, -0.25) is 9.36 Å². The third kappa shape index (κ3) is 4.40. The molecule has 0 spiro atoms. The molecule has 164 valence electrons. The van der Waals surface area contributed by atoms with Gasteiger partial charge in [0.2, 0.25) is 0 Å². The van der Waals surface area contributed by atoms with Crippen LogP contribution in [0.5, 0.6) is 0 Å². The number of thioether (sulfide) groups is 1. The molecule has 0 saturated heterocycles. The van der Waals surface area contributed by atoms with Crippen LogP contribution in [0, 0.1) is 0 Å². The molecule has 2 aromatic carbocycles. The van der Waals surface area contributed by atoms with Gasteiger partial charge in [0.25, 0.3) is 5.56 Å². The molecule has 1 unspecified atom stereocenters. The van der Waals surface area contributed by atoms with E-state index in [2.05, 4.69) is 20.9 Å². The Balaban J connectivity index is 1.94. The molecule has 0 fully saturated rings. The number of rotatable bonds is 5. The summed E-state index contributed by atoms with van der Waals surface area (Å²) in [6, 6.07) is 15.1. The van der Waals surface area contributed by atoms with E-state index >= 15 is 0 Å². The van der Waals surface area contributed by atoms with Gasteiger partial charge in [0, 0.05) is 9.37 Å². The molecule has 5 nitrogen and oxygen atoms in total. The molecule has 2 heterocycles.